The van der Waals surface area contributed by atoms with Crippen LogP contribution >= 0.6 is 11.8 Å². The predicted octanol–water partition coefficient (Wildman–Crippen LogP) is 10.6. The molecule has 9 rings (SSSR count). The first-order valence-electron chi connectivity index (χ1n) is 26.1. The number of aliphatic hydroxyl groups excluding tert-OH is 2. The SMILES string of the molecule is C=CCO[C@@]12Oc3ccc(OCCSc4ccccc4)cc3[C@H]3[C@H](CCCCO)[C@@H](CCCCO)C=C(C(=NOC4CCCCO4)C[C@@H]1N(Cc1ccc4c(c1)OCO4)C(=O)OCCOCc1ccccc1)[C@H]32. The molecule has 1 unspecified atom stereocenters. The summed E-state index contributed by atoms with van der Waals surface area (Å²) in [4.78, 5) is 24.5. The molecule has 3 heterocycles. The first kappa shape index (κ1) is 52.3. The molecule has 2 aliphatic carbocycles. The van der Waals surface area contributed by atoms with E-state index in [9.17, 15) is 10.2 Å². The quantitative estimate of drug-likeness (QED) is 0.0265. The number of benzene rings is 4. The van der Waals surface area contributed by atoms with E-state index in [0.29, 0.717) is 62.0 Å². The highest BCUT2D eigenvalue weighted by Gasteiger charge is 2.66. The van der Waals surface area contributed by atoms with Crippen molar-refractivity contribution >= 4 is 23.6 Å². The van der Waals surface area contributed by atoms with E-state index in [0.717, 1.165) is 72.3 Å². The molecule has 2 fully saturated rings. The van der Waals surface area contributed by atoms with Crippen LogP contribution in [0.4, 0.5) is 4.79 Å². The number of carbonyl (C=O) groups is 1. The van der Waals surface area contributed by atoms with Crippen molar-refractivity contribution < 1.29 is 57.7 Å². The number of hydrogen-bond acceptors (Lipinski definition) is 14. The number of ether oxygens (including phenoxy) is 8. The molecule has 1 amide bonds. The summed E-state index contributed by atoms with van der Waals surface area (Å²) in [5, 5.41) is 25.2. The maximum Gasteiger partial charge on any atom is 0.410 e. The largest absolute Gasteiger partial charge is 0.493 e. The van der Waals surface area contributed by atoms with Crippen molar-refractivity contribution in [2.24, 2.45) is 22.9 Å². The summed E-state index contributed by atoms with van der Waals surface area (Å²) in [7, 11) is 0. The van der Waals surface area contributed by atoms with Crippen molar-refractivity contribution in [1.29, 1.82) is 0 Å². The van der Waals surface area contributed by atoms with E-state index < -0.39 is 30.1 Å². The van der Waals surface area contributed by atoms with Gasteiger partial charge < -0.3 is 52.9 Å². The van der Waals surface area contributed by atoms with Gasteiger partial charge in [0, 0.05) is 54.7 Å². The third-order valence-electron chi connectivity index (χ3n) is 14.4. The second-order valence-electron chi connectivity index (χ2n) is 19.2. The number of carbonyl (C=O) groups excluding carboxylic acids is 1. The Morgan fingerprint density at radius 3 is 2.45 bits per heavy atom. The lowest BCUT2D eigenvalue weighted by Gasteiger charge is -2.60. The number of nitrogens with zero attached hydrogens (tertiary/aromatic N) is 2. The van der Waals surface area contributed by atoms with Gasteiger partial charge in [0.1, 0.15) is 24.1 Å². The Morgan fingerprint density at radius 1 is 0.863 bits per heavy atom. The maximum absolute atomic E-state index is 15.2. The molecule has 1 saturated heterocycles. The first-order chi connectivity index (χ1) is 36.0. The van der Waals surface area contributed by atoms with E-state index in [1.165, 1.54) is 4.90 Å². The number of unbranched alkanes of at least 4 members (excludes halogenated alkanes) is 2. The van der Waals surface area contributed by atoms with Crippen LogP contribution in [0.1, 0.15) is 86.8 Å². The lowest BCUT2D eigenvalue weighted by molar-refractivity contribution is -0.256. The fourth-order valence-electron chi connectivity index (χ4n) is 11.1. The number of hydrogen-bond donors (Lipinski definition) is 2. The molecule has 7 atom stereocenters. The highest BCUT2D eigenvalue weighted by molar-refractivity contribution is 7.99. The summed E-state index contributed by atoms with van der Waals surface area (Å²) < 4.78 is 51.1. The van der Waals surface area contributed by atoms with E-state index in [2.05, 4.69) is 30.9 Å². The number of thioether (sulfide) groups is 1. The smallest absolute Gasteiger partial charge is 0.410 e. The van der Waals surface area contributed by atoms with Crippen molar-refractivity contribution in [3.63, 3.8) is 0 Å². The highest BCUT2D eigenvalue weighted by Crippen LogP contribution is 2.62. The lowest BCUT2D eigenvalue weighted by atomic mass is 9.55. The summed E-state index contributed by atoms with van der Waals surface area (Å²) in [6.07, 6.45) is 10.3. The number of amides is 1. The van der Waals surface area contributed by atoms with Crippen LogP contribution in [0, 0.1) is 17.8 Å². The fraction of sp³-hybridized carbons (Fsp3) is 0.483. The van der Waals surface area contributed by atoms with Crippen LogP contribution in [0.3, 0.4) is 0 Å². The average molecular weight is 1020 g/mol. The standard InChI is InChI=1S/C58H70N2O12S/c1-2-28-70-58-53(60(38-42-22-24-51-52(34-42)69-40-68-51)57(63)67-31-30-64-39-41-15-5-3-6-16-41)37-49(59-72-54-21-11-14-29-66-54)47-35-43(17-9-12-26-61)46(20-10-13-27-62)55(56(47)58)48-36-44(23-25-50(48)71-58)65-32-33-73-45-18-7-4-8-19-45/h2-8,15-16,18-19,22-25,34-36,43,46,53-56,61-62H,1,9-14,17,20-21,26-33,37-40H2/t43-,46+,53-,54?,55+,56+,58+/m0/s1. The average Bonchev–Trinajstić information content (AvgIpc) is 3.90. The van der Waals surface area contributed by atoms with Crippen LogP contribution in [0.15, 0.2) is 131 Å². The summed E-state index contributed by atoms with van der Waals surface area (Å²) in [6.45, 7) is 6.19. The Kier molecular flexibility index (Phi) is 18.7. The molecule has 0 radical (unpaired) electrons. The van der Waals surface area contributed by atoms with Crippen LogP contribution in [0.5, 0.6) is 23.0 Å². The number of allylic oxidation sites excluding steroid dienone is 1. The number of aliphatic hydroxyl groups is 2. The third kappa shape index (κ3) is 12.9. The predicted molar refractivity (Wildman–Crippen MR) is 278 cm³/mol. The molecule has 1 saturated carbocycles. The van der Waals surface area contributed by atoms with Gasteiger partial charge in [-0.05, 0) is 110 Å². The lowest BCUT2D eigenvalue weighted by Crippen LogP contribution is -2.70. The van der Waals surface area contributed by atoms with Crippen LogP contribution in [-0.2, 0) is 36.9 Å². The second kappa shape index (κ2) is 26.1. The maximum atomic E-state index is 15.2. The van der Waals surface area contributed by atoms with Crippen molar-refractivity contribution in [3.05, 3.63) is 138 Å². The zero-order valence-electron chi connectivity index (χ0n) is 41.7. The molecular weight excluding hydrogens is 949 g/mol. The van der Waals surface area contributed by atoms with Crippen molar-refractivity contribution in [2.45, 2.75) is 106 Å². The van der Waals surface area contributed by atoms with E-state index >= 15 is 4.79 Å². The molecule has 4 aromatic rings. The van der Waals surface area contributed by atoms with Gasteiger partial charge in [-0.3, -0.25) is 4.90 Å². The topological polar surface area (TPSA) is 156 Å². The minimum atomic E-state index is -1.52. The van der Waals surface area contributed by atoms with E-state index in [1.54, 1.807) is 22.7 Å². The molecule has 0 spiro atoms. The zero-order valence-corrected chi connectivity index (χ0v) is 42.5. The minimum Gasteiger partial charge on any atom is -0.493 e. The van der Waals surface area contributed by atoms with E-state index in [1.807, 2.05) is 78.9 Å². The molecule has 73 heavy (non-hydrogen) atoms. The summed E-state index contributed by atoms with van der Waals surface area (Å²) in [5.41, 5.74) is 4.36. The van der Waals surface area contributed by atoms with E-state index in [-0.39, 0.29) is 70.5 Å². The molecule has 14 nitrogen and oxygen atoms in total. The third-order valence-corrected chi connectivity index (χ3v) is 15.4. The monoisotopic (exact) mass is 1020 g/mol. The Balaban J connectivity index is 1.15. The van der Waals surface area contributed by atoms with Gasteiger partial charge in [0.25, 0.3) is 0 Å². The molecule has 0 aromatic heterocycles. The highest BCUT2D eigenvalue weighted by atomic mass is 32.2. The van der Waals surface area contributed by atoms with Gasteiger partial charge >= 0.3 is 6.09 Å². The number of fused-ring (bicyclic) bond motifs is 3. The van der Waals surface area contributed by atoms with Crippen molar-refractivity contribution in [2.75, 3.05) is 58.8 Å². The Labute approximate surface area is 433 Å². The minimum absolute atomic E-state index is 0.00437. The van der Waals surface area contributed by atoms with Crippen molar-refractivity contribution in [3.8, 4) is 23.0 Å². The van der Waals surface area contributed by atoms with Gasteiger partial charge in [0.15, 0.2) is 11.5 Å². The zero-order chi connectivity index (χ0) is 50.2. The number of oxime groups is 1. The Hall–Kier alpha value is -5.55. The molecule has 3 aliphatic heterocycles. The van der Waals surface area contributed by atoms with E-state index in [4.69, 9.17) is 47.9 Å². The Bertz CT molecular complexity index is 2470. The first-order valence-corrected chi connectivity index (χ1v) is 27.1. The van der Waals surface area contributed by atoms with Crippen LogP contribution in [-0.4, -0.2) is 104 Å². The van der Waals surface area contributed by atoms with Crippen LogP contribution in [0.25, 0.3) is 0 Å². The normalized spacial score (nSPS) is 24.1. The Morgan fingerprint density at radius 2 is 1.66 bits per heavy atom. The molecule has 4 aromatic carbocycles. The molecule has 2 N–H and O–H groups in total. The van der Waals surface area contributed by atoms with Gasteiger partial charge in [-0.2, -0.15) is 0 Å². The van der Waals surface area contributed by atoms with Crippen LogP contribution < -0.4 is 18.9 Å². The second-order valence-corrected chi connectivity index (χ2v) is 20.3. The van der Waals surface area contributed by atoms with Gasteiger partial charge in [-0.15, -0.1) is 18.3 Å². The molecule has 5 aliphatic rings. The summed E-state index contributed by atoms with van der Waals surface area (Å²) in [6, 6.07) is 31.0. The molecule has 15 heteroatoms. The summed E-state index contributed by atoms with van der Waals surface area (Å²) in [5.74, 6) is 1.09. The van der Waals surface area contributed by atoms with Gasteiger partial charge in [-0.25, -0.2) is 4.79 Å². The van der Waals surface area contributed by atoms with Crippen LogP contribution in [0.2, 0.25) is 0 Å². The van der Waals surface area contributed by atoms with Gasteiger partial charge in [0.2, 0.25) is 18.9 Å². The molecule has 390 valence electrons. The van der Waals surface area contributed by atoms with Gasteiger partial charge in [0.05, 0.1) is 44.7 Å². The van der Waals surface area contributed by atoms with Gasteiger partial charge in [-0.1, -0.05) is 84.7 Å². The summed E-state index contributed by atoms with van der Waals surface area (Å²) >= 11 is 1.74. The molecular formula is C58H70N2O12S. The fourth-order valence-corrected chi connectivity index (χ4v) is 11.8. The molecule has 0 bridgehead atoms. The number of rotatable bonds is 26. The van der Waals surface area contributed by atoms with Crippen molar-refractivity contribution in [1.82, 2.24) is 4.90 Å².